The molecule has 0 aliphatic heterocycles. The first-order valence-corrected chi connectivity index (χ1v) is 11.1. The third kappa shape index (κ3) is 11.1. The predicted molar refractivity (Wildman–Crippen MR) is 122 cm³/mol. The minimum atomic E-state index is -1.86. The zero-order valence-electron chi connectivity index (χ0n) is 20.5. The summed E-state index contributed by atoms with van der Waals surface area (Å²) in [5.74, 6) is -5.14. The summed E-state index contributed by atoms with van der Waals surface area (Å²) in [6.07, 6.45) is -6.96. The monoisotopic (exact) mass is 520 g/mol. The lowest BCUT2D eigenvalue weighted by molar-refractivity contribution is -0.157. The number of amides is 4. The van der Waals surface area contributed by atoms with Crippen molar-refractivity contribution >= 4 is 35.9 Å². The third-order valence-corrected chi connectivity index (χ3v) is 5.36. The Kier molecular flexibility index (Phi) is 14.4. The van der Waals surface area contributed by atoms with Crippen LogP contribution in [0.5, 0.6) is 0 Å². The predicted octanol–water partition coefficient (Wildman–Crippen LogP) is -3.85. The summed E-state index contributed by atoms with van der Waals surface area (Å²) in [5.41, 5.74) is 5.20. The molecule has 0 saturated carbocycles. The molecule has 0 aromatic heterocycles. The molecular weight excluding hydrogens is 484 g/mol. The van der Waals surface area contributed by atoms with Crippen LogP contribution in [0.3, 0.4) is 0 Å². The number of aliphatic hydroxyl groups is 3. The molecule has 36 heavy (non-hydrogen) atoms. The molecule has 0 aromatic rings. The average Bonchev–Trinajstić information content (AvgIpc) is 2.81. The number of ether oxygens (including phenoxy) is 1. The van der Waals surface area contributed by atoms with Gasteiger partial charge in [-0.15, -0.1) is 0 Å². The minimum Gasteiger partial charge on any atom is -0.481 e. The highest BCUT2D eigenvalue weighted by Gasteiger charge is 2.37. The summed E-state index contributed by atoms with van der Waals surface area (Å²) in [7, 11) is 0. The maximum absolute atomic E-state index is 12.6. The normalized spacial score (nSPS) is 17.8. The highest BCUT2D eigenvalue weighted by atomic mass is 16.5. The Morgan fingerprint density at radius 1 is 1.00 bits per heavy atom. The van der Waals surface area contributed by atoms with Gasteiger partial charge in [0.1, 0.15) is 42.8 Å². The van der Waals surface area contributed by atoms with Gasteiger partial charge in [0.15, 0.2) is 0 Å². The Balaban J connectivity index is 5.32. The molecule has 8 atom stereocenters. The van der Waals surface area contributed by atoms with Crippen molar-refractivity contribution in [2.45, 2.75) is 83.1 Å². The molecule has 0 aliphatic rings. The average molecular weight is 521 g/mol. The van der Waals surface area contributed by atoms with Crippen LogP contribution in [0.25, 0.3) is 0 Å². The molecule has 206 valence electrons. The van der Waals surface area contributed by atoms with Crippen LogP contribution < -0.4 is 21.7 Å². The number of nitrogens with one attached hydrogen (secondary N) is 3. The molecule has 0 spiro atoms. The van der Waals surface area contributed by atoms with Crippen molar-refractivity contribution in [1.82, 2.24) is 16.0 Å². The second kappa shape index (κ2) is 15.8. The van der Waals surface area contributed by atoms with Crippen molar-refractivity contribution in [1.29, 1.82) is 0 Å². The lowest BCUT2D eigenvalue weighted by Crippen LogP contribution is -2.57. The van der Waals surface area contributed by atoms with Crippen LogP contribution in [-0.2, 0) is 33.5 Å². The van der Waals surface area contributed by atoms with E-state index in [9.17, 15) is 39.0 Å². The van der Waals surface area contributed by atoms with Gasteiger partial charge in [-0.3, -0.25) is 24.0 Å². The smallest absolute Gasteiger partial charge is 0.303 e. The van der Waals surface area contributed by atoms with Gasteiger partial charge < -0.3 is 51.6 Å². The van der Waals surface area contributed by atoms with Crippen molar-refractivity contribution in [3.05, 3.63) is 0 Å². The van der Waals surface area contributed by atoms with Crippen LogP contribution in [0.1, 0.15) is 40.5 Å². The molecule has 0 fully saturated rings. The lowest BCUT2D eigenvalue weighted by Gasteiger charge is -2.32. The summed E-state index contributed by atoms with van der Waals surface area (Å²) in [4.78, 5) is 70.2. The zero-order valence-corrected chi connectivity index (χ0v) is 20.5. The van der Waals surface area contributed by atoms with Crippen molar-refractivity contribution < 1.29 is 53.9 Å². The van der Waals surface area contributed by atoms with Gasteiger partial charge >= 0.3 is 5.97 Å². The third-order valence-electron chi connectivity index (χ3n) is 5.36. The number of rotatable bonds is 17. The number of carboxylic acid groups (broad SMARTS) is 1. The molecule has 0 saturated heterocycles. The highest BCUT2D eigenvalue weighted by molar-refractivity contribution is 5.88. The van der Waals surface area contributed by atoms with Crippen molar-refractivity contribution in [2.24, 2.45) is 11.7 Å². The Morgan fingerprint density at radius 3 is 2.03 bits per heavy atom. The van der Waals surface area contributed by atoms with Crippen molar-refractivity contribution in [3.63, 3.8) is 0 Å². The molecule has 0 aliphatic carbocycles. The molecule has 4 unspecified atom stereocenters. The summed E-state index contributed by atoms with van der Waals surface area (Å²) < 4.78 is 5.45. The Hall–Kier alpha value is -3.14. The lowest BCUT2D eigenvalue weighted by atomic mass is 10.0. The largest absolute Gasteiger partial charge is 0.481 e. The van der Waals surface area contributed by atoms with Gasteiger partial charge in [-0.05, 0) is 20.3 Å². The molecule has 0 rings (SSSR count). The summed E-state index contributed by atoms with van der Waals surface area (Å²) in [6.45, 7) is 4.36. The van der Waals surface area contributed by atoms with Crippen LogP contribution in [0.15, 0.2) is 0 Å². The van der Waals surface area contributed by atoms with Gasteiger partial charge in [0.25, 0.3) is 0 Å². The molecule has 15 nitrogen and oxygen atoms in total. The SMILES string of the molecule is CC(=O)N[C@@H](C=O)[C@@H](OC(C)C(=O)NC(C)C(C)C(=O)NC(CCC(=O)O)C(N)=O)[C@H](O)[C@H](O)CO. The van der Waals surface area contributed by atoms with E-state index in [-0.39, 0.29) is 12.7 Å². The van der Waals surface area contributed by atoms with Gasteiger partial charge in [0.05, 0.1) is 12.5 Å². The maximum atomic E-state index is 12.6. The number of hydrogen-bond acceptors (Lipinski definition) is 10. The van der Waals surface area contributed by atoms with Gasteiger partial charge in [-0.2, -0.15) is 0 Å². The van der Waals surface area contributed by atoms with Gasteiger partial charge in [-0.1, -0.05) is 6.92 Å². The second-order valence-electron chi connectivity index (χ2n) is 8.33. The molecule has 9 N–H and O–H groups in total. The number of primary amides is 1. The first-order chi connectivity index (χ1) is 16.7. The molecular formula is C21H36N4O11. The molecule has 0 bridgehead atoms. The van der Waals surface area contributed by atoms with Crippen molar-refractivity contribution in [3.8, 4) is 0 Å². The first-order valence-electron chi connectivity index (χ1n) is 11.1. The fourth-order valence-corrected chi connectivity index (χ4v) is 2.98. The zero-order chi connectivity index (χ0) is 28.2. The molecule has 0 aromatic carbocycles. The molecule has 0 radical (unpaired) electrons. The number of aldehydes is 1. The van der Waals surface area contributed by atoms with Crippen LogP contribution in [0.2, 0.25) is 0 Å². The molecule has 0 heterocycles. The fraction of sp³-hybridized carbons (Fsp3) is 0.714. The maximum Gasteiger partial charge on any atom is 0.303 e. The van der Waals surface area contributed by atoms with E-state index in [0.717, 1.165) is 6.92 Å². The summed E-state index contributed by atoms with van der Waals surface area (Å²) in [5, 5.41) is 44.9. The van der Waals surface area contributed by atoms with Gasteiger partial charge in [0, 0.05) is 19.4 Å². The van der Waals surface area contributed by atoms with E-state index < -0.39 is 91.1 Å². The summed E-state index contributed by atoms with van der Waals surface area (Å²) >= 11 is 0. The quantitative estimate of drug-likeness (QED) is 0.0861. The van der Waals surface area contributed by atoms with E-state index in [4.69, 9.17) is 20.7 Å². The van der Waals surface area contributed by atoms with E-state index in [1.54, 1.807) is 0 Å². The van der Waals surface area contributed by atoms with E-state index in [2.05, 4.69) is 16.0 Å². The van der Waals surface area contributed by atoms with E-state index in [1.165, 1.54) is 20.8 Å². The van der Waals surface area contributed by atoms with Gasteiger partial charge in [0.2, 0.25) is 23.6 Å². The Labute approximate surface area is 207 Å². The highest BCUT2D eigenvalue weighted by Crippen LogP contribution is 2.13. The van der Waals surface area contributed by atoms with Crippen LogP contribution in [-0.4, -0.2) is 105 Å². The van der Waals surface area contributed by atoms with Crippen LogP contribution >= 0.6 is 0 Å². The number of nitrogens with two attached hydrogens (primary N) is 1. The standard InChI is InChI=1S/C21H36N4O11/c1-9(20(34)25-13(19(22)33)5-6-16(30)31)10(2)23-21(35)11(3)36-18(17(32)15(29)8-27)14(7-26)24-12(4)28/h7,9-11,13-15,17-18,27,29,32H,5-6,8H2,1-4H3,(H2,22,33)(H,23,35)(H,24,28)(H,25,34)(H,30,31)/t9?,10?,11?,13?,14-,15+,17+,18+/m0/s1. The van der Waals surface area contributed by atoms with E-state index in [0.29, 0.717) is 0 Å². The number of carbonyl (C=O) groups is 6. The van der Waals surface area contributed by atoms with Crippen LogP contribution in [0, 0.1) is 5.92 Å². The topological polar surface area (TPSA) is 255 Å². The molecule has 4 amide bonds. The fourth-order valence-electron chi connectivity index (χ4n) is 2.98. The van der Waals surface area contributed by atoms with E-state index in [1.807, 2.05) is 0 Å². The van der Waals surface area contributed by atoms with Crippen LogP contribution in [0.4, 0.5) is 0 Å². The summed E-state index contributed by atoms with van der Waals surface area (Å²) in [6, 6.07) is -3.52. The number of aliphatic carboxylic acids is 1. The number of carbonyl (C=O) groups excluding carboxylic acids is 5. The van der Waals surface area contributed by atoms with E-state index >= 15 is 0 Å². The first kappa shape index (κ1) is 32.9. The number of hydrogen-bond donors (Lipinski definition) is 8. The minimum absolute atomic E-state index is 0.218. The van der Waals surface area contributed by atoms with Gasteiger partial charge in [-0.25, -0.2) is 0 Å². The number of carboxylic acids is 1. The van der Waals surface area contributed by atoms with Crippen molar-refractivity contribution in [2.75, 3.05) is 6.61 Å². The Morgan fingerprint density at radius 2 is 1.58 bits per heavy atom. The number of aliphatic hydroxyl groups excluding tert-OH is 3. The Bertz CT molecular complexity index is 794. The molecule has 15 heteroatoms. The second-order valence-corrected chi connectivity index (χ2v) is 8.33.